The van der Waals surface area contributed by atoms with Crippen molar-refractivity contribution in [2.45, 2.75) is 38.4 Å². The fourth-order valence-electron chi connectivity index (χ4n) is 2.28. The van der Waals surface area contributed by atoms with Crippen molar-refractivity contribution in [2.75, 3.05) is 24.3 Å². The lowest BCUT2D eigenvalue weighted by atomic mass is 10.1. The normalized spacial score (nSPS) is 17.9. The highest BCUT2D eigenvalue weighted by Gasteiger charge is 2.32. The van der Waals surface area contributed by atoms with E-state index in [1.807, 2.05) is 30.5 Å². The second-order valence-corrected chi connectivity index (χ2v) is 7.93. The van der Waals surface area contributed by atoms with Crippen molar-refractivity contribution in [1.29, 1.82) is 0 Å². The third-order valence-corrected chi connectivity index (χ3v) is 4.69. The molecule has 2 heterocycles. The van der Waals surface area contributed by atoms with E-state index < -0.39 is 0 Å². The molecule has 0 aliphatic carbocycles. The maximum absolute atomic E-state index is 12.8. The first-order valence-electron chi connectivity index (χ1n) is 7.11. The Bertz CT molecular complexity index is 532. The zero-order valence-electron chi connectivity index (χ0n) is 13.0. The molecule has 1 saturated heterocycles. The lowest BCUT2D eigenvalue weighted by molar-refractivity contribution is 0.0742. The number of anilines is 1. The van der Waals surface area contributed by atoms with E-state index >= 15 is 0 Å². The molecule has 7 heteroatoms. The maximum Gasteiger partial charge on any atom is 0.274 e. The molecule has 0 radical (unpaired) electrons. The minimum atomic E-state index is -0.0828. The number of nitrogens with one attached hydrogen (secondary N) is 1. The quantitative estimate of drug-likeness (QED) is 0.655. The number of carbonyl (C=O) groups is 1. The van der Waals surface area contributed by atoms with E-state index in [9.17, 15) is 4.79 Å². The SMILES string of the molecule is CC(C)c1ncc(NN)c(C(=O)N2CCSC(C)(C)C2)n1. The summed E-state index contributed by atoms with van der Waals surface area (Å²) in [6, 6.07) is 0. The molecule has 0 atom stereocenters. The third-order valence-electron chi connectivity index (χ3n) is 3.39. The molecule has 1 aliphatic rings. The highest BCUT2D eigenvalue weighted by Crippen LogP contribution is 2.30. The van der Waals surface area contributed by atoms with Gasteiger partial charge in [-0.1, -0.05) is 13.8 Å². The summed E-state index contributed by atoms with van der Waals surface area (Å²) in [6.07, 6.45) is 1.58. The summed E-state index contributed by atoms with van der Waals surface area (Å²) in [5.41, 5.74) is 3.36. The Morgan fingerprint density at radius 1 is 1.52 bits per heavy atom. The Morgan fingerprint density at radius 3 is 2.81 bits per heavy atom. The summed E-state index contributed by atoms with van der Waals surface area (Å²) in [4.78, 5) is 23.3. The molecular weight excluding hydrogens is 286 g/mol. The van der Waals surface area contributed by atoms with Crippen molar-refractivity contribution in [1.82, 2.24) is 14.9 Å². The van der Waals surface area contributed by atoms with E-state index in [0.717, 1.165) is 12.3 Å². The van der Waals surface area contributed by atoms with Crippen molar-refractivity contribution in [3.63, 3.8) is 0 Å². The fraction of sp³-hybridized carbons (Fsp3) is 0.643. The monoisotopic (exact) mass is 309 g/mol. The molecule has 1 aromatic rings. The summed E-state index contributed by atoms with van der Waals surface area (Å²) in [7, 11) is 0. The summed E-state index contributed by atoms with van der Waals surface area (Å²) < 4.78 is 0.0676. The van der Waals surface area contributed by atoms with Gasteiger partial charge in [0.15, 0.2) is 5.69 Å². The number of aromatic nitrogens is 2. The van der Waals surface area contributed by atoms with Crippen LogP contribution in [0.5, 0.6) is 0 Å². The Labute approximate surface area is 129 Å². The average molecular weight is 309 g/mol. The molecule has 21 heavy (non-hydrogen) atoms. The standard InChI is InChI=1S/C14H23N5OS/c1-9(2)12-16-7-10(18-15)11(17-12)13(20)19-5-6-21-14(3,4)8-19/h7,9,18H,5-6,8,15H2,1-4H3. The van der Waals surface area contributed by atoms with Gasteiger partial charge in [-0.05, 0) is 13.8 Å². The molecule has 3 N–H and O–H groups in total. The van der Waals surface area contributed by atoms with Crippen LogP contribution < -0.4 is 11.3 Å². The van der Waals surface area contributed by atoms with Gasteiger partial charge in [0, 0.05) is 29.5 Å². The Kier molecular flexibility index (Phi) is 4.73. The average Bonchev–Trinajstić information content (AvgIpc) is 2.44. The number of thioether (sulfide) groups is 1. The van der Waals surface area contributed by atoms with Gasteiger partial charge in [-0.25, -0.2) is 9.97 Å². The van der Waals surface area contributed by atoms with Gasteiger partial charge in [-0.2, -0.15) is 11.8 Å². The molecule has 6 nitrogen and oxygen atoms in total. The zero-order chi connectivity index (χ0) is 15.6. The number of rotatable bonds is 3. The van der Waals surface area contributed by atoms with Gasteiger partial charge in [0.2, 0.25) is 0 Å². The van der Waals surface area contributed by atoms with Crippen molar-refractivity contribution < 1.29 is 4.79 Å². The third kappa shape index (κ3) is 3.65. The Hall–Kier alpha value is -1.34. The molecule has 116 valence electrons. The molecule has 0 spiro atoms. The second kappa shape index (κ2) is 6.19. The zero-order valence-corrected chi connectivity index (χ0v) is 13.8. The van der Waals surface area contributed by atoms with Gasteiger partial charge >= 0.3 is 0 Å². The predicted molar refractivity (Wildman–Crippen MR) is 86.4 cm³/mol. The van der Waals surface area contributed by atoms with Crippen LogP contribution >= 0.6 is 11.8 Å². The van der Waals surface area contributed by atoms with E-state index in [0.29, 0.717) is 23.8 Å². The van der Waals surface area contributed by atoms with Crippen LogP contribution in [0, 0.1) is 0 Å². The fourth-order valence-corrected chi connectivity index (χ4v) is 3.39. The summed E-state index contributed by atoms with van der Waals surface area (Å²) >= 11 is 1.89. The van der Waals surface area contributed by atoms with Crippen LogP contribution in [0.1, 0.15) is 49.9 Å². The molecule has 0 bridgehead atoms. The van der Waals surface area contributed by atoms with E-state index in [1.165, 1.54) is 0 Å². The molecular formula is C14H23N5OS. The topological polar surface area (TPSA) is 84.1 Å². The lowest BCUT2D eigenvalue weighted by Gasteiger charge is -2.37. The summed E-state index contributed by atoms with van der Waals surface area (Å²) in [6.45, 7) is 9.75. The molecule has 1 fully saturated rings. The minimum Gasteiger partial charge on any atom is -0.335 e. The number of nitrogens with zero attached hydrogens (tertiary/aromatic N) is 3. The first-order valence-corrected chi connectivity index (χ1v) is 8.09. The number of nitrogens with two attached hydrogens (primary N) is 1. The van der Waals surface area contributed by atoms with Crippen LogP contribution in [0.4, 0.5) is 5.69 Å². The van der Waals surface area contributed by atoms with Crippen LogP contribution in [-0.2, 0) is 0 Å². The van der Waals surface area contributed by atoms with Gasteiger partial charge in [0.1, 0.15) is 5.82 Å². The van der Waals surface area contributed by atoms with Crippen molar-refractivity contribution in [3.05, 3.63) is 17.7 Å². The summed E-state index contributed by atoms with van der Waals surface area (Å²) in [5, 5.41) is 0. The molecule has 2 rings (SSSR count). The highest BCUT2D eigenvalue weighted by molar-refractivity contribution is 8.00. The van der Waals surface area contributed by atoms with Gasteiger partial charge < -0.3 is 10.3 Å². The molecule has 0 saturated carbocycles. The smallest absolute Gasteiger partial charge is 0.274 e. The van der Waals surface area contributed by atoms with Crippen LogP contribution in [-0.4, -0.2) is 44.4 Å². The second-order valence-electron chi connectivity index (χ2n) is 6.12. The minimum absolute atomic E-state index is 0.0676. The molecule has 1 amide bonds. The van der Waals surface area contributed by atoms with E-state index in [4.69, 9.17) is 5.84 Å². The number of hydrogen-bond acceptors (Lipinski definition) is 6. The number of hydrogen-bond donors (Lipinski definition) is 2. The van der Waals surface area contributed by atoms with Gasteiger partial charge in [0.25, 0.3) is 5.91 Å². The lowest BCUT2D eigenvalue weighted by Crippen LogP contribution is -2.46. The van der Waals surface area contributed by atoms with Crippen molar-refractivity contribution in [3.8, 4) is 0 Å². The highest BCUT2D eigenvalue weighted by atomic mass is 32.2. The van der Waals surface area contributed by atoms with Crippen molar-refractivity contribution >= 4 is 23.4 Å². The van der Waals surface area contributed by atoms with Crippen LogP contribution in [0.3, 0.4) is 0 Å². The number of nitrogen functional groups attached to an aromatic ring is 1. The number of hydrazine groups is 1. The van der Waals surface area contributed by atoms with Gasteiger partial charge in [-0.15, -0.1) is 0 Å². The largest absolute Gasteiger partial charge is 0.335 e. The molecule has 0 unspecified atom stereocenters. The van der Waals surface area contributed by atoms with E-state index in [2.05, 4.69) is 29.2 Å². The van der Waals surface area contributed by atoms with Gasteiger partial charge in [0.05, 0.1) is 11.9 Å². The van der Waals surface area contributed by atoms with Crippen LogP contribution in [0.15, 0.2) is 6.20 Å². The Morgan fingerprint density at radius 2 is 2.24 bits per heavy atom. The van der Waals surface area contributed by atoms with E-state index in [1.54, 1.807) is 6.20 Å². The van der Waals surface area contributed by atoms with Crippen molar-refractivity contribution in [2.24, 2.45) is 5.84 Å². The number of amides is 1. The van der Waals surface area contributed by atoms with E-state index in [-0.39, 0.29) is 16.6 Å². The maximum atomic E-state index is 12.8. The molecule has 1 aliphatic heterocycles. The summed E-state index contributed by atoms with van der Waals surface area (Å²) in [5.74, 6) is 7.17. The van der Waals surface area contributed by atoms with Crippen LogP contribution in [0.2, 0.25) is 0 Å². The van der Waals surface area contributed by atoms with Crippen LogP contribution in [0.25, 0.3) is 0 Å². The Balaban J connectivity index is 2.31. The first kappa shape index (κ1) is 16.0. The molecule has 0 aromatic carbocycles. The predicted octanol–water partition coefficient (Wildman–Crippen LogP) is 1.85. The number of carbonyl (C=O) groups excluding carboxylic acids is 1. The first-order chi connectivity index (χ1) is 9.84. The molecule has 1 aromatic heterocycles. The van der Waals surface area contributed by atoms with Gasteiger partial charge in [-0.3, -0.25) is 10.6 Å².